The van der Waals surface area contributed by atoms with Gasteiger partial charge in [-0.05, 0) is 76.6 Å². The van der Waals surface area contributed by atoms with Crippen LogP contribution >= 0.6 is 0 Å². The molecule has 236 valence electrons. The van der Waals surface area contributed by atoms with Crippen LogP contribution in [0.15, 0.2) is 152 Å². The molecular weight excluding hydrogens is 601 g/mol. The Bertz CT molecular complexity index is 2230. The van der Waals surface area contributed by atoms with E-state index in [-0.39, 0.29) is 0 Å². The molecule has 0 bridgehead atoms. The van der Waals surface area contributed by atoms with Crippen molar-refractivity contribution in [2.75, 3.05) is 13.6 Å². The molecule has 0 spiro atoms. The highest BCUT2D eigenvalue weighted by Crippen LogP contribution is 2.35. The summed E-state index contributed by atoms with van der Waals surface area (Å²) in [5, 5.41) is 0. The zero-order valence-electron chi connectivity index (χ0n) is 27.2. The summed E-state index contributed by atoms with van der Waals surface area (Å²) in [5.41, 5.74) is 11.7. The standard InChI is InChI=1S/C43H34N6/c1-49-25-9-8-14-40(49)33-21-17-31(18-22-33)37-26-36(30-15-19-32(20-16-30)39-23-24-44-29-45-39)27-38(28-37)43-47-41(34-10-4-2-5-11-34)46-42(48-43)35-12-6-3-7-13-35/h2-6,8-12,14-24,26-29H,7,13,25H2,1H3. The van der Waals surface area contributed by atoms with Crippen molar-refractivity contribution in [3.8, 4) is 56.3 Å². The quantitative estimate of drug-likeness (QED) is 0.174. The molecule has 0 saturated carbocycles. The molecule has 8 rings (SSSR count). The number of hydrogen-bond acceptors (Lipinski definition) is 6. The van der Waals surface area contributed by atoms with Crippen molar-refractivity contribution in [1.82, 2.24) is 29.8 Å². The van der Waals surface area contributed by atoms with Gasteiger partial charge in [0.25, 0.3) is 0 Å². The number of allylic oxidation sites excluding steroid dienone is 6. The van der Waals surface area contributed by atoms with E-state index >= 15 is 0 Å². The van der Waals surface area contributed by atoms with Gasteiger partial charge in [0.05, 0.1) is 5.69 Å². The fourth-order valence-electron chi connectivity index (χ4n) is 6.29. The lowest BCUT2D eigenvalue weighted by Gasteiger charge is -2.23. The first-order chi connectivity index (χ1) is 24.2. The summed E-state index contributed by atoms with van der Waals surface area (Å²) in [6.45, 7) is 0.904. The van der Waals surface area contributed by atoms with Crippen LogP contribution in [0.3, 0.4) is 0 Å². The average Bonchev–Trinajstić information content (AvgIpc) is 3.19. The van der Waals surface area contributed by atoms with Crippen LogP contribution in [0.1, 0.15) is 24.2 Å². The van der Waals surface area contributed by atoms with Crippen LogP contribution in [0.2, 0.25) is 0 Å². The molecule has 6 heteroatoms. The first-order valence-corrected chi connectivity index (χ1v) is 16.6. The van der Waals surface area contributed by atoms with Crippen LogP contribution in [0, 0.1) is 0 Å². The largest absolute Gasteiger partial charge is 0.370 e. The summed E-state index contributed by atoms with van der Waals surface area (Å²) in [7, 11) is 2.13. The molecule has 0 saturated heterocycles. The van der Waals surface area contributed by atoms with Crippen LogP contribution in [0.5, 0.6) is 0 Å². The fourth-order valence-corrected chi connectivity index (χ4v) is 6.29. The zero-order valence-corrected chi connectivity index (χ0v) is 27.2. The number of likely N-dealkylation sites (N-methyl/N-ethyl adjacent to an activating group) is 1. The highest BCUT2D eigenvalue weighted by atomic mass is 15.1. The van der Waals surface area contributed by atoms with Gasteiger partial charge in [0, 0.05) is 42.2 Å². The van der Waals surface area contributed by atoms with E-state index in [9.17, 15) is 0 Å². The van der Waals surface area contributed by atoms with Gasteiger partial charge in [0.2, 0.25) is 0 Å². The molecule has 3 heterocycles. The number of aromatic nitrogens is 5. The van der Waals surface area contributed by atoms with Crippen molar-refractivity contribution in [3.63, 3.8) is 0 Å². The molecule has 0 amide bonds. The molecule has 1 aliphatic heterocycles. The van der Waals surface area contributed by atoms with E-state index in [1.807, 2.05) is 24.3 Å². The van der Waals surface area contributed by atoms with Crippen molar-refractivity contribution < 1.29 is 0 Å². The van der Waals surface area contributed by atoms with Crippen LogP contribution in [0.25, 0.3) is 67.6 Å². The maximum absolute atomic E-state index is 5.10. The van der Waals surface area contributed by atoms with E-state index in [0.717, 1.165) is 75.4 Å². The second kappa shape index (κ2) is 13.5. The maximum Gasteiger partial charge on any atom is 0.164 e. The Balaban J connectivity index is 1.26. The normalized spacial score (nSPS) is 14.0. The molecule has 2 aromatic heterocycles. The van der Waals surface area contributed by atoms with Gasteiger partial charge in [-0.3, -0.25) is 0 Å². The summed E-state index contributed by atoms with van der Waals surface area (Å²) >= 11 is 0. The van der Waals surface area contributed by atoms with E-state index in [0.29, 0.717) is 11.6 Å². The zero-order chi connectivity index (χ0) is 33.0. The fraction of sp³-hybridized carbons (Fsp3) is 0.0930. The molecular formula is C43H34N6. The van der Waals surface area contributed by atoms with Gasteiger partial charge in [0.1, 0.15) is 6.33 Å². The average molecular weight is 635 g/mol. The van der Waals surface area contributed by atoms with Gasteiger partial charge in [-0.1, -0.05) is 109 Å². The molecule has 6 nitrogen and oxygen atoms in total. The molecule has 0 unspecified atom stereocenters. The smallest absolute Gasteiger partial charge is 0.164 e. The van der Waals surface area contributed by atoms with E-state index in [4.69, 9.17) is 15.0 Å². The van der Waals surface area contributed by atoms with Gasteiger partial charge >= 0.3 is 0 Å². The van der Waals surface area contributed by atoms with Crippen LogP contribution in [-0.4, -0.2) is 43.4 Å². The van der Waals surface area contributed by atoms with E-state index in [1.54, 1.807) is 12.5 Å². The molecule has 2 aliphatic rings. The summed E-state index contributed by atoms with van der Waals surface area (Å²) in [4.78, 5) is 25.9. The van der Waals surface area contributed by atoms with Crippen molar-refractivity contribution in [3.05, 3.63) is 163 Å². The van der Waals surface area contributed by atoms with Crippen molar-refractivity contribution in [1.29, 1.82) is 0 Å². The second-order valence-electron chi connectivity index (χ2n) is 12.2. The molecule has 4 aromatic carbocycles. The third kappa shape index (κ3) is 6.49. The molecule has 0 N–H and O–H groups in total. The maximum atomic E-state index is 5.10. The van der Waals surface area contributed by atoms with Gasteiger partial charge in [-0.2, -0.15) is 0 Å². The van der Waals surface area contributed by atoms with Crippen molar-refractivity contribution >= 4 is 11.3 Å². The molecule has 49 heavy (non-hydrogen) atoms. The Hall–Kier alpha value is -6.27. The lowest BCUT2D eigenvalue weighted by molar-refractivity contribution is 0.531. The third-order valence-electron chi connectivity index (χ3n) is 8.95. The minimum Gasteiger partial charge on any atom is -0.370 e. The minimum absolute atomic E-state index is 0.650. The molecule has 0 atom stereocenters. The lowest BCUT2D eigenvalue weighted by Crippen LogP contribution is -2.18. The van der Waals surface area contributed by atoms with E-state index in [1.165, 1.54) is 11.3 Å². The Kier molecular flexibility index (Phi) is 8.26. The number of hydrogen-bond donors (Lipinski definition) is 0. The molecule has 1 aliphatic carbocycles. The van der Waals surface area contributed by atoms with E-state index < -0.39 is 0 Å². The second-order valence-corrected chi connectivity index (χ2v) is 12.2. The Morgan fingerprint density at radius 3 is 1.84 bits per heavy atom. The van der Waals surface area contributed by atoms with E-state index in [2.05, 4.69) is 137 Å². The van der Waals surface area contributed by atoms with Crippen molar-refractivity contribution in [2.45, 2.75) is 12.8 Å². The predicted octanol–water partition coefficient (Wildman–Crippen LogP) is 9.57. The first-order valence-electron chi connectivity index (χ1n) is 16.6. The first kappa shape index (κ1) is 30.1. The lowest BCUT2D eigenvalue weighted by atomic mass is 9.94. The summed E-state index contributed by atoms with van der Waals surface area (Å²) < 4.78 is 0. The van der Waals surface area contributed by atoms with Crippen LogP contribution in [-0.2, 0) is 0 Å². The Morgan fingerprint density at radius 1 is 0.551 bits per heavy atom. The van der Waals surface area contributed by atoms with Gasteiger partial charge in [-0.25, -0.2) is 24.9 Å². The highest BCUT2D eigenvalue weighted by Gasteiger charge is 2.17. The summed E-state index contributed by atoms with van der Waals surface area (Å²) in [5.74, 6) is 2.04. The molecule has 0 radical (unpaired) electrons. The minimum atomic E-state index is 0.650. The third-order valence-corrected chi connectivity index (χ3v) is 8.95. The van der Waals surface area contributed by atoms with Crippen LogP contribution in [0.4, 0.5) is 0 Å². The predicted molar refractivity (Wildman–Crippen MR) is 199 cm³/mol. The Morgan fingerprint density at radius 2 is 1.18 bits per heavy atom. The number of rotatable bonds is 7. The SMILES string of the molecule is CN1CC=CC=C1c1ccc(-c2cc(-c3ccc(-c4ccncn4)cc3)cc(-c3nc(C4=CC=CCC4)nc(-c4ccccc4)n3)c2)cc1. The topological polar surface area (TPSA) is 67.7 Å². The molecule has 6 aromatic rings. The number of nitrogens with zero attached hydrogens (tertiary/aromatic N) is 6. The van der Waals surface area contributed by atoms with Crippen molar-refractivity contribution in [2.24, 2.45) is 0 Å². The number of benzene rings is 4. The highest BCUT2D eigenvalue weighted by molar-refractivity contribution is 5.82. The Labute approximate surface area is 286 Å². The van der Waals surface area contributed by atoms with Gasteiger partial charge in [-0.15, -0.1) is 0 Å². The molecule has 0 fully saturated rings. The monoisotopic (exact) mass is 634 g/mol. The van der Waals surface area contributed by atoms with Crippen LogP contribution < -0.4 is 0 Å². The summed E-state index contributed by atoms with van der Waals surface area (Å²) in [6.07, 6.45) is 18.1. The van der Waals surface area contributed by atoms with Gasteiger partial charge in [0.15, 0.2) is 17.5 Å². The van der Waals surface area contributed by atoms with Gasteiger partial charge < -0.3 is 4.90 Å². The summed E-state index contributed by atoms with van der Waals surface area (Å²) in [6, 6.07) is 36.1.